The third-order valence-electron chi connectivity index (χ3n) is 3.73. The second-order valence-corrected chi connectivity index (χ2v) is 5.74. The fourth-order valence-corrected chi connectivity index (χ4v) is 2.50. The molecule has 1 amide bonds. The van der Waals surface area contributed by atoms with Crippen LogP contribution in [0.5, 0.6) is 5.75 Å². The number of rotatable bonds is 7. The van der Waals surface area contributed by atoms with Crippen LogP contribution in [0.2, 0.25) is 0 Å². The summed E-state index contributed by atoms with van der Waals surface area (Å²) in [6.07, 6.45) is 0. The highest BCUT2D eigenvalue weighted by Gasteiger charge is 2.16. The van der Waals surface area contributed by atoms with Gasteiger partial charge in [-0.2, -0.15) is 0 Å². The van der Waals surface area contributed by atoms with Crippen LogP contribution >= 0.6 is 0 Å². The van der Waals surface area contributed by atoms with Gasteiger partial charge in [-0.3, -0.25) is 4.79 Å². The summed E-state index contributed by atoms with van der Waals surface area (Å²) < 4.78 is 9.87. The predicted molar refractivity (Wildman–Crippen MR) is 94.9 cm³/mol. The second-order valence-electron chi connectivity index (χ2n) is 5.74. The van der Waals surface area contributed by atoms with Gasteiger partial charge in [-0.15, -0.1) is 0 Å². The monoisotopic (exact) mass is 343 g/mol. The van der Waals surface area contributed by atoms with Gasteiger partial charge in [0.2, 0.25) is 0 Å². The van der Waals surface area contributed by atoms with E-state index in [1.54, 1.807) is 31.4 Å². The molecule has 2 aromatic rings. The van der Waals surface area contributed by atoms with Gasteiger partial charge in [-0.05, 0) is 36.4 Å². The van der Waals surface area contributed by atoms with Gasteiger partial charge < -0.3 is 19.7 Å². The lowest BCUT2D eigenvalue weighted by Gasteiger charge is -2.15. The van der Waals surface area contributed by atoms with E-state index in [9.17, 15) is 9.59 Å². The van der Waals surface area contributed by atoms with Gasteiger partial charge in [0.1, 0.15) is 12.3 Å². The SMILES string of the molecule is COC(=O)c1ccccc1NC(=O)C[NH+](C)Cc1ccc(OC)cc1. The first-order valence-corrected chi connectivity index (χ1v) is 7.95. The Hall–Kier alpha value is -2.86. The van der Waals surface area contributed by atoms with Crippen LogP contribution in [0.15, 0.2) is 48.5 Å². The van der Waals surface area contributed by atoms with E-state index in [2.05, 4.69) is 5.32 Å². The van der Waals surface area contributed by atoms with Gasteiger partial charge in [-0.25, -0.2) is 4.79 Å². The van der Waals surface area contributed by atoms with E-state index in [-0.39, 0.29) is 12.5 Å². The number of hydrogen-bond acceptors (Lipinski definition) is 4. The predicted octanol–water partition coefficient (Wildman–Crippen LogP) is 1.14. The minimum atomic E-state index is -0.477. The largest absolute Gasteiger partial charge is 0.497 e. The summed E-state index contributed by atoms with van der Waals surface area (Å²) in [5.41, 5.74) is 1.91. The minimum Gasteiger partial charge on any atom is -0.497 e. The van der Waals surface area contributed by atoms with Crippen LogP contribution in [0.4, 0.5) is 5.69 Å². The Kier molecular flexibility index (Phi) is 6.54. The fourth-order valence-electron chi connectivity index (χ4n) is 2.50. The molecule has 6 heteroatoms. The lowest BCUT2D eigenvalue weighted by atomic mass is 10.1. The Morgan fingerprint density at radius 2 is 1.72 bits per heavy atom. The molecule has 0 bridgehead atoms. The molecule has 2 aromatic carbocycles. The normalized spacial score (nSPS) is 11.5. The van der Waals surface area contributed by atoms with Gasteiger partial charge in [0.05, 0.1) is 32.5 Å². The molecule has 0 fully saturated rings. The second kappa shape index (κ2) is 8.84. The Bertz CT molecular complexity index is 728. The first kappa shape index (κ1) is 18.5. The van der Waals surface area contributed by atoms with Crippen molar-refractivity contribution in [1.29, 1.82) is 0 Å². The molecule has 1 unspecified atom stereocenters. The van der Waals surface area contributed by atoms with Crippen LogP contribution in [0, 0.1) is 0 Å². The Balaban J connectivity index is 1.94. The van der Waals surface area contributed by atoms with Crippen molar-refractivity contribution in [3.05, 3.63) is 59.7 Å². The molecule has 132 valence electrons. The van der Waals surface area contributed by atoms with Gasteiger partial charge in [0, 0.05) is 5.56 Å². The number of likely N-dealkylation sites (N-methyl/N-ethyl adjacent to an activating group) is 1. The van der Waals surface area contributed by atoms with Crippen molar-refractivity contribution in [3.63, 3.8) is 0 Å². The summed E-state index contributed by atoms with van der Waals surface area (Å²) in [5, 5.41) is 2.78. The van der Waals surface area contributed by atoms with Crippen molar-refractivity contribution in [2.24, 2.45) is 0 Å². The number of nitrogens with one attached hydrogen (secondary N) is 2. The highest BCUT2D eigenvalue weighted by molar-refractivity contribution is 6.01. The van der Waals surface area contributed by atoms with Crippen LogP contribution in [0.1, 0.15) is 15.9 Å². The van der Waals surface area contributed by atoms with Gasteiger partial charge >= 0.3 is 5.97 Å². The Morgan fingerprint density at radius 3 is 2.36 bits per heavy atom. The fraction of sp³-hybridized carbons (Fsp3) is 0.263. The molecule has 0 saturated carbocycles. The molecular formula is C19H23N2O4+. The summed E-state index contributed by atoms with van der Waals surface area (Å²) in [5.74, 6) is 0.163. The highest BCUT2D eigenvalue weighted by atomic mass is 16.5. The number of anilines is 1. The summed E-state index contributed by atoms with van der Waals surface area (Å²) in [6, 6.07) is 14.5. The van der Waals surface area contributed by atoms with E-state index in [1.165, 1.54) is 7.11 Å². The molecule has 2 rings (SSSR count). The van der Waals surface area contributed by atoms with E-state index in [0.717, 1.165) is 16.2 Å². The molecule has 0 aliphatic rings. The minimum absolute atomic E-state index is 0.164. The summed E-state index contributed by atoms with van der Waals surface area (Å²) in [7, 11) is 4.88. The number of hydrogen-bond donors (Lipinski definition) is 2. The van der Waals surface area contributed by atoms with E-state index < -0.39 is 5.97 Å². The Morgan fingerprint density at radius 1 is 1.04 bits per heavy atom. The molecule has 6 nitrogen and oxygen atoms in total. The zero-order valence-electron chi connectivity index (χ0n) is 14.7. The lowest BCUT2D eigenvalue weighted by molar-refractivity contribution is -0.885. The molecule has 25 heavy (non-hydrogen) atoms. The van der Waals surface area contributed by atoms with E-state index in [0.29, 0.717) is 17.8 Å². The first-order valence-electron chi connectivity index (χ1n) is 7.95. The van der Waals surface area contributed by atoms with Crippen LogP contribution < -0.4 is 15.0 Å². The number of para-hydroxylation sites is 1. The zero-order valence-corrected chi connectivity index (χ0v) is 14.7. The number of carbonyl (C=O) groups is 2. The molecular weight excluding hydrogens is 320 g/mol. The maximum absolute atomic E-state index is 12.3. The summed E-state index contributed by atoms with van der Waals surface area (Å²) >= 11 is 0. The van der Waals surface area contributed by atoms with E-state index in [1.807, 2.05) is 31.3 Å². The number of benzene rings is 2. The lowest BCUT2D eigenvalue weighted by Crippen LogP contribution is -3.08. The molecule has 0 aromatic heterocycles. The van der Waals surface area contributed by atoms with Gasteiger partial charge in [0.25, 0.3) is 5.91 Å². The first-order chi connectivity index (χ1) is 12.0. The molecule has 0 aliphatic heterocycles. The number of ether oxygens (including phenoxy) is 2. The summed E-state index contributed by atoms with van der Waals surface area (Å²) in [4.78, 5) is 25.0. The van der Waals surface area contributed by atoms with Crippen molar-refractivity contribution in [2.75, 3.05) is 33.1 Å². The maximum Gasteiger partial charge on any atom is 0.339 e. The Labute approximate surface area is 147 Å². The zero-order chi connectivity index (χ0) is 18.2. The van der Waals surface area contributed by atoms with Crippen molar-refractivity contribution in [2.45, 2.75) is 6.54 Å². The quantitative estimate of drug-likeness (QED) is 0.740. The topological polar surface area (TPSA) is 69.1 Å². The van der Waals surface area contributed by atoms with Crippen LogP contribution in [0.3, 0.4) is 0 Å². The number of carbonyl (C=O) groups excluding carboxylic acids is 2. The molecule has 1 atom stereocenters. The van der Waals surface area contributed by atoms with Crippen molar-refractivity contribution < 1.29 is 24.0 Å². The van der Waals surface area contributed by atoms with Crippen LogP contribution in [0.25, 0.3) is 0 Å². The van der Waals surface area contributed by atoms with Crippen LogP contribution in [-0.2, 0) is 16.1 Å². The summed E-state index contributed by atoms with van der Waals surface area (Å²) in [6.45, 7) is 0.984. The van der Waals surface area contributed by atoms with Crippen LogP contribution in [-0.4, -0.2) is 39.7 Å². The van der Waals surface area contributed by atoms with Gasteiger partial charge in [0.15, 0.2) is 6.54 Å². The molecule has 0 aliphatic carbocycles. The maximum atomic E-state index is 12.3. The van der Waals surface area contributed by atoms with Crippen molar-refractivity contribution in [3.8, 4) is 5.75 Å². The number of esters is 1. The number of amides is 1. The van der Waals surface area contributed by atoms with Gasteiger partial charge in [-0.1, -0.05) is 12.1 Å². The van der Waals surface area contributed by atoms with Crippen molar-refractivity contribution >= 4 is 17.6 Å². The molecule has 0 spiro atoms. The van der Waals surface area contributed by atoms with E-state index in [4.69, 9.17) is 9.47 Å². The van der Waals surface area contributed by atoms with E-state index >= 15 is 0 Å². The third-order valence-corrected chi connectivity index (χ3v) is 3.73. The average molecular weight is 343 g/mol. The number of methoxy groups -OCH3 is 2. The highest BCUT2D eigenvalue weighted by Crippen LogP contribution is 2.15. The number of quaternary nitrogens is 1. The third kappa shape index (κ3) is 5.32. The molecule has 0 radical (unpaired) electrons. The molecule has 0 saturated heterocycles. The molecule has 2 N–H and O–H groups in total. The average Bonchev–Trinajstić information content (AvgIpc) is 2.62. The standard InChI is InChI=1S/C19H22N2O4/c1-21(12-14-8-10-15(24-2)11-9-14)13-18(22)20-17-7-5-4-6-16(17)19(23)25-3/h4-11H,12-13H2,1-3H3,(H,20,22)/p+1. The van der Waals surface area contributed by atoms with Crippen molar-refractivity contribution in [1.82, 2.24) is 0 Å². The smallest absolute Gasteiger partial charge is 0.339 e. The molecule has 0 heterocycles.